The first-order valence-corrected chi connectivity index (χ1v) is 10.7. The van der Waals surface area contributed by atoms with Crippen molar-refractivity contribution in [2.45, 2.75) is 19.1 Å². The molecule has 0 amide bonds. The van der Waals surface area contributed by atoms with Crippen LogP contribution in [0.5, 0.6) is 0 Å². The van der Waals surface area contributed by atoms with Crippen molar-refractivity contribution in [2.24, 2.45) is 0 Å². The average molecular weight is 435 g/mol. The minimum atomic E-state index is -0.140. The zero-order valence-electron chi connectivity index (χ0n) is 15.3. The molecule has 28 heavy (non-hydrogen) atoms. The van der Waals surface area contributed by atoms with Crippen molar-refractivity contribution in [2.75, 3.05) is 17.6 Å². The summed E-state index contributed by atoms with van der Waals surface area (Å²) in [7, 11) is 0. The Morgan fingerprint density at radius 1 is 1.11 bits per heavy atom. The van der Waals surface area contributed by atoms with Gasteiger partial charge in [0.1, 0.15) is 0 Å². The zero-order valence-corrected chi connectivity index (χ0v) is 17.7. The van der Waals surface area contributed by atoms with Crippen LogP contribution in [0.15, 0.2) is 47.5 Å². The molecule has 2 aromatic heterocycles. The largest absolute Gasteiger partial charge is 0.355 e. The van der Waals surface area contributed by atoms with Crippen LogP contribution in [-0.4, -0.2) is 27.2 Å². The summed E-state index contributed by atoms with van der Waals surface area (Å²) in [5.74, 6) is 2.12. The quantitative estimate of drug-likeness (QED) is 0.502. The molecule has 0 aliphatic carbocycles. The summed E-state index contributed by atoms with van der Waals surface area (Å²) >= 11 is 13.8. The molecule has 0 bridgehead atoms. The van der Waals surface area contributed by atoms with Crippen molar-refractivity contribution < 1.29 is 0 Å². The Bertz CT molecular complexity index is 992. The number of nitrogens with zero attached hydrogens (tertiary/aromatic N) is 2. The fraction of sp³-hybridized carbons (Fsp3) is 0.250. The number of aryl methyl sites for hydroxylation is 1. The van der Waals surface area contributed by atoms with Crippen LogP contribution in [0.3, 0.4) is 0 Å². The van der Waals surface area contributed by atoms with E-state index >= 15 is 0 Å². The molecule has 0 spiro atoms. The van der Waals surface area contributed by atoms with Gasteiger partial charge in [-0.15, -0.1) is 0 Å². The molecule has 3 aromatic rings. The number of anilines is 1. The lowest BCUT2D eigenvalue weighted by Crippen LogP contribution is -2.18. The van der Waals surface area contributed by atoms with Crippen LogP contribution >= 0.6 is 35.0 Å². The Labute approximate surface area is 177 Å². The van der Waals surface area contributed by atoms with Gasteiger partial charge in [0, 0.05) is 58.2 Å². The van der Waals surface area contributed by atoms with Gasteiger partial charge in [-0.05, 0) is 36.2 Å². The highest BCUT2D eigenvalue weighted by Crippen LogP contribution is 2.24. The third-order valence-electron chi connectivity index (χ3n) is 4.05. The van der Waals surface area contributed by atoms with Crippen molar-refractivity contribution in [1.29, 1.82) is 0 Å². The van der Waals surface area contributed by atoms with Crippen LogP contribution in [0.2, 0.25) is 10.0 Å². The molecule has 2 heterocycles. The van der Waals surface area contributed by atoms with E-state index in [0.29, 0.717) is 34.5 Å². The number of hydrogen-bond donors (Lipinski definition) is 2. The molecule has 3 rings (SSSR count). The molecule has 0 saturated heterocycles. The highest BCUT2D eigenvalue weighted by Gasteiger charge is 2.05. The van der Waals surface area contributed by atoms with E-state index in [2.05, 4.69) is 20.3 Å². The number of pyridine rings is 1. The first kappa shape index (κ1) is 20.7. The standard InChI is InChI=1S/C20H20Cl2N4OS/c1-13-2-3-14(10-24-13)8-16-11-25-20(26-19(16)27)23-6-7-28-12-15-4-5-17(21)9-18(15)22/h2-5,9-11H,6-8,12H2,1H3,(H2,23,25,26,27). The van der Waals surface area contributed by atoms with E-state index in [1.165, 1.54) is 0 Å². The highest BCUT2D eigenvalue weighted by atomic mass is 35.5. The second kappa shape index (κ2) is 9.96. The molecule has 0 radical (unpaired) electrons. The molecule has 0 fully saturated rings. The Balaban J connectivity index is 1.46. The van der Waals surface area contributed by atoms with Crippen LogP contribution in [0.25, 0.3) is 0 Å². The van der Waals surface area contributed by atoms with E-state index < -0.39 is 0 Å². The molecule has 0 saturated carbocycles. The lowest BCUT2D eigenvalue weighted by molar-refractivity contribution is 0.999. The van der Waals surface area contributed by atoms with Crippen LogP contribution in [0.1, 0.15) is 22.4 Å². The molecule has 0 aliphatic rings. The molecule has 146 valence electrons. The number of halogens is 2. The SMILES string of the molecule is Cc1ccc(Cc2cnc(NCCSCc3ccc(Cl)cc3Cl)[nH]c2=O)cn1. The monoisotopic (exact) mass is 434 g/mol. The van der Waals surface area contributed by atoms with E-state index in [1.807, 2.05) is 31.2 Å². The van der Waals surface area contributed by atoms with Gasteiger partial charge in [-0.3, -0.25) is 14.8 Å². The van der Waals surface area contributed by atoms with Crippen molar-refractivity contribution >= 4 is 40.9 Å². The average Bonchev–Trinajstić information content (AvgIpc) is 2.67. The van der Waals surface area contributed by atoms with E-state index in [0.717, 1.165) is 28.3 Å². The summed E-state index contributed by atoms with van der Waals surface area (Å²) in [5, 5.41) is 4.46. The summed E-state index contributed by atoms with van der Waals surface area (Å²) in [5.41, 5.74) is 3.46. The second-order valence-corrected chi connectivity index (χ2v) is 8.23. The van der Waals surface area contributed by atoms with Gasteiger partial charge >= 0.3 is 0 Å². The molecular formula is C20H20Cl2N4OS. The summed E-state index contributed by atoms with van der Waals surface area (Å²) in [6.45, 7) is 2.61. The summed E-state index contributed by atoms with van der Waals surface area (Å²) in [6, 6.07) is 9.43. The first-order valence-electron chi connectivity index (χ1n) is 8.76. The molecule has 2 N–H and O–H groups in total. The third-order valence-corrected chi connectivity index (χ3v) is 5.65. The molecule has 0 aliphatic heterocycles. The molecule has 8 heteroatoms. The van der Waals surface area contributed by atoms with E-state index in [-0.39, 0.29) is 5.56 Å². The third kappa shape index (κ3) is 5.99. The maximum absolute atomic E-state index is 12.3. The van der Waals surface area contributed by atoms with Gasteiger partial charge < -0.3 is 5.32 Å². The second-order valence-electron chi connectivity index (χ2n) is 6.29. The van der Waals surface area contributed by atoms with E-state index in [4.69, 9.17) is 23.2 Å². The van der Waals surface area contributed by atoms with Gasteiger partial charge in [0.25, 0.3) is 5.56 Å². The predicted molar refractivity (Wildman–Crippen MR) is 118 cm³/mol. The maximum atomic E-state index is 12.3. The number of aromatic nitrogens is 3. The molecule has 0 atom stereocenters. The lowest BCUT2D eigenvalue weighted by atomic mass is 10.1. The van der Waals surface area contributed by atoms with E-state index in [1.54, 1.807) is 30.2 Å². The van der Waals surface area contributed by atoms with Crippen molar-refractivity contribution in [1.82, 2.24) is 15.0 Å². The van der Waals surface area contributed by atoms with Gasteiger partial charge in [0.05, 0.1) is 0 Å². The Hall–Kier alpha value is -2.02. The number of aromatic amines is 1. The van der Waals surface area contributed by atoms with Crippen LogP contribution in [0, 0.1) is 6.92 Å². The smallest absolute Gasteiger partial charge is 0.255 e. The topological polar surface area (TPSA) is 70.7 Å². The zero-order chi connectivity index (χ0) is 19.9. The molecule has 5 nitrogen and oxygen atoms in total. The van der Waals surface area contributed by atoms with Gasteiger partial charge in [0.15, 0.2) is 0 Å². The maximum Gasteiger partial charge on any atom is 0.255 e. The minimum Gasteiger partial charge on any atom is -0.355 e. The summed E-state index contributed by atoms with van der Waals surface area (Å²) in [6.07, 6.45) is 3.90. The van der Waals surface area contributed by atoms with Gasteiger partial charge in [-0.2, -0.15) is 11.8 Å². The van der Waals surface area contributed by atoms with Crippen LogP contribution < -0.4 is 10.9 Å². The highest BCUT2D eigenvalue weighted by molar-refractivity contribution is 7.98. The molecular weight excluding hydrogens is 415 g/mol. The number of thioether (sulfide) groups is 1. The summed E-state index contributed by atoms with van der Waals surface area (Å²) < 4.78 is 0. The lowest BCUT2D eigenvalue weighted by Gasteiger charge is -2.07. The van der Waals surface area contributed by atoms with E-state index in [9.17, 15) is 4.79 Å². The van der Waals surface area contributed by atoms with Crippen molar-refractivity contribution in [3.63, 3.8) is 0 Å². The number of rotatable bonds is 8. The predicted octanol–water partition coefficient (Wildman–Crippen LogP) is 4.72. The number of hydrogen-bond acceptors (Lipinski definition) is 5. The molecule has 0 unspecified atom stereocenters. The Morgan fingerprint density at radius 2 is 1.96 bits per heavy atom. The fourth-order valence-electron chi connectivity index (χ4n) is 2.52. The van der Waals surface area contributed by atoms with Gasteiger partial charge in [-0.1, -0.05) is 35.3 Å². The van der Waals surface area contributed by atoms with Crippen molar-refractivity contribution in [3.8, 4) is 0 Å². The van der Waals surface area contributed by atoms with Crippen LogP contribution in [-0.2, 0) is 12.2 Å². The first-order chi connectivity index (χ1) is 13.5. The van der Waals surface area contributed by atoms with Gasteiger partial charge in [-0.25, -0.2) is 4.98 Å². The van der Waals surface area contributed by atoms with Crippen molar-refractivity contribution in [3.05, 3.63) is 85.5 Å². The normalized spacial score (nSPS) is 10.8. The number of H-pyrrole nitrogens is 1. The molecule has 1 aromatic carbocycles. The van der Waals surface area contributed by atoms with Crippen LogP contribution in [0.4, 0.5) is 5.95 Å². The number of benzene rings is 1. The van der Waals surface area contributed by atoms with Gasteiger partial charge in [0.2, 0.25) is 5.95 Å². The number of nitrogens with one attached hydrogen (secondary N) is 2. The Morgan fingerprint density at radius 3 is 2.68 bits per heavy atom. The minimum absolute atomic E-state index is 0.140. The fourth-order valence-corrected chi connectivity index (χ4v) is 3.94. The summed E-state index contributed by atoms with van der Waals surface area (Å²) in [4.78, 5) is 23.6. The Kier molecular flexibility index (Phi) is 7.36.